The van der Waals surface area contributed by atoms with Crippen molar-refractivity contribution in [3.8, 4) is 0 Å². The predicted octanol–water partition coefficient (Wildman–Crippen LogP) is -2.08. The number of nitrogens with one attached hydrogen (secondary N) is 1. The number of aliphatic hydroxyl groups is 3. The van der Waals surface area contributed by atoms with E-state index in [1.807, 2.05) is 0 Å². The van der Waals surface area contributed by atoms with E-state index in [4.69, 9.17) is 15.3 Å². The highest BCUT2D eigenvalue weighted by molar-refractivity contribution is 5.94. The van der Waals surface area contributed by atoms with Crippen molar-refractivity contribution < 1.29 is 20.1 Å². The van der Waals surface area contributed by atoms with Crippen LogP contribution < -0.4 is 5.32 Å². The lowest BCUT2D eigenvalue weighted by molar-refractivity contribution is 0.0375. The lowest BCUT2D eigenvalue weighted by atomic mass is 10.0. The van der Waals surface area contributed by atoms with Crippen LogP contribution in [-0.2, 0) is 0 Å². The van der Waals surface area contributed by atoms with Crippen LogP contribution in [0.5, 0.6) is 0 Å². The van der Waals surface area contributed by atoms with Crippen LogP contribution in [0.15, 0.2) is 18.7 Å². The van der Waals surface area contributed by atoms with E-state index in [2.05, 4.69) is 15.3 Å². The molecule has 1 aromatic rings. The lowest BCUT2D eigenvalue weighted by Crippen LogP contribution is -2.57. The molecular formula is C9H13N3O4. The van der Waals surface area contributed by atoms with E-state index >= 15 is 0 Å². The van der Waals surface area contributed by atoms with Crippen LogP contribution in [0.2, 0.25) is 0 Å². The van der Waals surface area contributed by atoms with Gasteiger partial charge in [-0.2, -0.15) is 0 Å². The fourth-order valence-electron chi connectivity index (χ4n) is 0.998. The third kappa shape index (κ3) is 2.72. The normalized spacial score (nSPS) is 11.2. The quantitative estimate of drug-likeness (QED) is 0.459. The second-order valence-electron chi connectivity index (χ2n) is 3.34. The number of carbonyl (C=O) groups excluding carboxylic acids is 1. The summed E-state index contributed by atoms with van der Waals surface area (Å²) < 4.78 is 0. The van der Waals surface area contributed by atoms with Crippen LogP contribution in [0.1, 0.15) is 10.4 Å². The molecule has 1 rings (SSSR count). The van der Waals surface area contributed by atoms with E-state index in [0.717, 1.165) is 0 Å². The SMILES string of the molecule is O=C(NC(CO)(CO)CO)c1cncnc1. The van der Waals surface area contributed by atoms with Gasteiger partial charge in [0.2, 0.25) is 0 Å². The van der Waals surface area contributed by atoms with Gasteiger partial charge < -0.3 is 20.6 Å². The summed E-state index contributed by atoms with van der Waals surface area (Å²) in [5.41, 5.74) is -1.25. The van der Waals surface area contributed by atoms with Gasteiger partial charge in [-0.05, 0) is 0 Å². The highest BCUT2D eigenvalue weighted by Crippen LogP contribution is 2.04. The van der Waals surface area contributed by atoms with E-state index < -0.39 is 31.3 Å². The van der Waals surface area contributed by atoms with Gasteiger partial charge in [0.05, 0.1) is 25.4 Å². The molecule has 0 saturated carbocycles. The zero-order valence-corrected chi connectivity index (χ0v) is 8.50. The van der Waals surface area contributed by atoms with Gasteiger partial charge in [0.15, 0.2) is 0 Å². The Hall–Kier alpha value is -1.57. The maximum Gasteiger partial charge on any atom is 0.255 e. The fourth-order valence-corrected chi connectivity index (χ4v) is 0.998. The first-order valence-corrected chi connectivity index (χ1v) is 4.57. The number of nitrogens with zero attached hydrogens (tertiary/aromatic N) is 2. The topological polar surface area (TPSA) is 116 Å². The third-order valence-corrected chi connectivity index (χ3v) is 2.11. The summed E-state index contributed by atoms with van der Waals surface area (Å²) in [7, 11) is 0. The van der Waals surface area contributed by atoms with Crippen molar-refractivity contribution in [3.63, 3.8) is 0 Å². The Balaban J connectivity index is 2.77. The summed E-state index contributed by atoms with van der Waals surface area (Å²) in [4.78, 5) is 18.9. The van der Waals surface area contributed by atoms with Gasteiger partial charge in [-0.3, -0.25) is 4.79 Å². The van der Waals surface area contributed by atoms with Crippen molar-refractivity contribution >= 4 is 5.91 Å². The van der Waals surface area contributed by atoms with Crippen LogP contribution in [0, 0.1) is 0 Å². The second kappa shape index (κ2) is 5.50. The molecule has 7 heteroatoms. The molecule has 0 aliphatic heterocycles. The maximum absolute atomic E-state index is 11.6. The number of carbonyl (C=O) groups is 1. The Labute approximate surface area is 91.8 Å². The van der Waals surface area contributed by atoms with E-state index in [9.17, 15) is 4.79 Å². The van der Waals surface area contributed by atoms with Crippen LogP contribution in [0.4, 0.5) is 0 Å². The largest absolute Gasteiger partial charge is 0.394 e. The molecule has 1 amide bonds. The van der Waals surface area contributed by atoms with Crippen molar-refractivity contribution in [2.75, 3.05) is 19.8 Å². The van der Waals surface area contributed by atoms with Gasteiger partial charge in [-0.25, -0.2) is 9.97 Å². The first kappa shape index (κ1) is 12.5. The van der Waals surface area contributed by atoms with Crippen LogP contribution in [-0.4, -0.2) is 56.6 Å². The Kier molecular flexibility index (Phi) is 4.29. The van der Waals surface area contributed by atoms with Gasteiger partial charge in [-0.15, -0.1) is 0 Å². The molecule has 0 radical (unpaired) electrons. The molecule has 0 aliphatic rings. The molecule has 0 aromatic carbocycles. The van der Waals surface area contributed by atoms with E-state index in [-0.39, 0.29) is 5.56 Å². The van der Waals surface area contributed by atoms with Crippen molar-refractivity contribution in [3.05, 3.63) is 24.3 Å². The maximum atomic E-state index is 11.6. The van der Waals surface area contributed by atoms with E-state index in [0.29, 0.717) is 0 Å². The first-order valence-electron chi connectivity index (χ1n) is 4.57. The minimum Gasteiger partial charge on any atom is -0.394 e. The molecule has 1 aromatic heterocycles. The molecule has 7 nitrogen and oxygen atoms in total. The van der Waals surface area contributed by atoms with Gasteiger partial charge >= 0.3 is 0 Å². The number of hydrogen-bond donors (Lipinski definition) is 4. The van der Waals surface area contributed by atoms with Crippen molar-refractivity contribution in [2.45, 2.75) is 5.54 Å². The summed E-state index contributed by atoms with van der Waals surface area (Å²) >= 11 is 0. The van der Waals surface area contributed by atoms with Gasteiger partial charge in [-0.1, -0.05) is 0 Å². The molecule has 0 bridgehead atoms. The van der Waals surface area contributed by atoms with Crippen molar-refractivity contribution in [1.29, 1.82) is 0 Å². The van der Waals surface area contributed by atoms with E-state index in [1.54, 1.807) is 0 Å². The Morgan fingerprint density at radius 3 is 2.12 bits per heavy atom. The van der Waals surface area contributed by atoms with Crippen LogP contribution >= 0.6 is 0 Å². The summed E-state index contributed by atoms with van der Waals surface area (Å²) in [5, 5.41) is 29.3. The van der Waals surface area contributed by atoms with E-state index in [1.165, 1.54) is 18.7 Å². The summed E-state index contributed by atoms with van der Waals surface area (Å²) in [5.74, 6) is -0.572. The molecule has 0 aliphatic carbocycles. The predicted molar refractivity (Wildman–Crippen MR) is 53.5 cm³/mol. The van der Waals surface area contributed by atoms with Gasteiger partial charge in [0, 0.05) is 12.4 Å². The summed E-state index contributed by atoms with van der Waals surface area (Å²) in [6.45, 7) is -1.71. The number of hydrogen-bond acceptors (Lipinski definition) is 6. The minimum absolute atomic E-state index is 0.183. The average molecular weight is 227 g/mol. The standard InChI is InChI=1S/C9H13N3O4/c13-3-9(4-14,5-15)12-8(16)7-1-10-6-11-2-7/h1-2,6,13-15H,3-5H2,(H,12,16). The molecule has 0 fully saturated rings. The molecular weight excluding hydrogens is 214 g/mol. The first-order chi connectivity index (χ1) is 7.67. The second-order valence-corrected chi connectivity index (χ2v) is 3.34. The fraction of sp³-hybridized carbons (Fsp3) is 0.444. The number of aromatic nitrogens is 2. The molecule has 0 atom stereocenters. The van der Waals surface area contributed by atoms with Crippen molar-refractivity contribution in [1.82, 2.24) is 15.3 Å². The smallest absolute Gasteiger partial charge is 0.255 e. The summed E-state index contributed by atoms with van der Waals surface area (Å²) in [6, 6.07) is 0. The lowest BCUT2D eigenvalue weighted by Gasteiger charge is -2.28. The average Bonchev–Trinajstić information content (AvgIpc) is 2.37. The molecule has 4 N–H and O–H groups in total. The molecule has 1 heterocycles. The summed E-state index contributed by atoms with van der Waals surface area (Å²) in [6.07, 6.45) is 3.85. The number of rotatable bonds is 5. The molecule has 0 saturated heterocycles. The molecule has 0 unspecified atom stereocenters. The minimum atomic E-state index is -1.44. The monoisotopic (exact) mass is 227 g/mol. The molecule has 0 spiro atoms. The Bertz CT molecular complexity index is 332. The van der Waals surface area contributed by atoms with Crippen LogP contribution in [0.25, 0.3) is 0 Å². The Morgan fingerprint density at radius 2 is 1.69 bits per heavy atom. The molecule has 88 valence electrons. The molecule has 16 heavy (non-hydrogen) atoms. The van der Waals surface area contributed by atoms with Crippen LogP contribution in [0.3, 0.4) is 0 Å². The number of amides is 1. The highest BCUT2D eigenvalue weighted by atomic mass is 16.3. The van der Waals surface area contributed by atoms with Crippen molar-refractivity contribution in [2.24, 2.45) is 0 Å². The number of aliphatic hydroxyl groups excluding tert-OH is 3. The zero-order chi connectivity index (χ0) is 12.0. The van der Waals surface area contributed by atoms with Gasteiger partial charge in [0.1, 0.15) is 11.9 Å². The highest BCUT2D eigenvalue weighted by Gasteiger charge is 2.30. The Morgan fingerprint density at radius 1 is 1.19 bits per heavy atom. The zero-order valence-electron chi connectivity index (χ0n) is 8.50. The van der Waals surface area contributed by atoms with Gasteiger partial charge in [0.25, 0.3) is 5.91 Å². The third-order valence-electron chi connectivity index (χ3n) is 2.11.